The maximum absolute atomic E-state index is 15.6. The Morgan fingerprint density at radius 1 is 0.955 bits per heavy atom. The summed E-state index contributed by atoms with van der Waals surface area (Å²) in [6.07, 6.45) is -1.19. The predicted octanol–water partition coefficient (Wildman–Crippen LogP) is 8.24. The monoisotopic (exact) mass is 979 g/mol. The molecule has 4 fully saturated rings. The number of hydrogen-bond acceptors (Lipinski definition) is 9. The lowest BCUT2D eigenvalue weighted by Crippen LogP contribution is -2.36. The summed E-state index contributed by atoms with van der Waals surface area (Å²) in [5.74, 6) is -8.40. The Kier molecular flexibility index (Phi) is 10.9. The van der Waals surface area contributed by atoms with Crippen LogP contribution in [0.15, 0.2) is 42.5 Å². The maximum atomic E-state index is 15.6. The molecule has 1 unspecified atom stereocenters. The molecule has 0 spiro atoms. The van der Waals surface area contributed by atoms with Gasteiger partial charge in [-0.25, -0.2) is 34.4 Å². The van der Waals surface area contributed by atoms with Crippen molar-refractivity contribution in [1.29, 1.82) is 0 Å². The highest BCUT2D eigenvalue weighted by molar-refractivity contribution is 7.93. The predicted molar refractivity (Wildman–Crippen MR) is 231 cm³/mol. The first kappa shape index (κ1) is 45.1. The van der Waals surface area contributed by atoms with Gasteiger partial charge in [0.25, 0.3) is 12.3 Å². The molecule has 3 saturated carbocycles. The number of amides is 1. The molecule has 2 aromatic carbocycles. The lowest BCUT2D eigenvalue weighted by Gasteiger charge is -2.28. The summed E-state index contributed by atoms with van der Waals surface area (Å²) in [7, 11) is -7.38. The lowest BCUT2D eigenvalue weighted by molar-refractivity contribution is -0.123. The first-order valence-corrected chi connectivity index (χ1v) is 25.2. The van der Waals surface area contributed by atoms with Crippen LogP contribution in [-0.2, 0) is 54.7 Å². The Labute approximate surface area is 380 Å². The molecule has 352 valence electrons. The third-order valence-electron chi connectivity index (χ3n) is 13.4. The fraction of sp³-hybridized carbons (Fsp3) is 0.500. The summed E-state index contributed by atoms with van der Waals surface area (Å²) in [5.41, 5.74) is -0.304. The molecule has 4 aliphatic carbocycles. The van der Waals surface area contributed by atoms with Crippen molar-refractivity contribution in [3.8, 4) is 11.1 Å². The summed E-state index contributed by atoms with van der Waals surface area (Å²) < 4.78 is 152. The summed E-state index contributed by atoms with van der Waals surface area (Å²) in [5, 5.41) is 10.6. The highest BCUT2D eigenvalue weighted by Gasteiger charge is 2.67. The molecule has 2 N–H and O–H groups in total. The number of pyridine rings is 1. The van der Waals surface area contributed by atoms with Gasteiger partial charge in [0, 0.05) is 34.4 Å². The molecule has 1 saturated heterocycles. The van der Waals surface area contributed by atoms with E-state index in [0.717, 1.165) is 12.1 Å². The zero-order chi connectivity index (χ0) is 46.8. The van der Waals surface area contributed by atoms with E-state index in [1.54, 1.807) is 36.7 Å². The Hall–Kier alpha value is -4.73. The minimum atomic E-state index is -3.86. The Morgan fingerprint density at radius 3 is 2.27 bits per heavy atom. The first-order valence-electron chi connectivity index (χ1n) is 21.7. The molecule has 4 heterocycles. The van der Waals surface area contributed by atoms with Crippen LogP contribution in [0.5, 0.6) is 0 Å². The number of anilines is 1. The first-order chi connectivity index (χ1) is 31.1. The summed E-state index contributed by atoms with van der Waals surface area (Å²) in [6.45, 7) is 2.79. The normalized spacial score (nSPS) is 20.9. The van der Waals surface area contributed by atoms with Crippen molar-refractivity contribution in [3.63, 3.8) is 0 Å². The molecule has 1 amide bonds. The number of fused-ring (bicyclic) bond motifs is 4. The third-order valence-corrected chi connectivity index (χ3v) is 18.7. The second kappa shape index (κ2) is 15.9. The number of nitrogens with one attached hydrogen (secondary N) is 2. The molecule has 1 aliphatic heterocycles. The van der Waals surface area contributed by atoms with Crippen LogP contribution >= 0.6 is 11.6 Å². The average molecular weight is 980 g/mol. The SMILES string of the molecule is CC(C)(CCc1ccc(-c2ccc(Cl)c3c(NS(=O)(=O)C4CC4)nn(C4COC4)c23)c([C@H](Cc2cc(F)cc(F)c2)NC(=O)Cn2nc(C(F)F)c3c2C(F)(F)C2C[C@H]32)n1)S(=O)(=O)C1CC1. The van der Waals surface area contributed by atoms with E-state index in [9.17, 15) is 39.2 Å². The van der Waals surface area contributed by atoms with Crippen LogP contribution in [0.2, 0.25) is 5.02 Å². The average Bonchev–Trinajstić information content (AvgIpc) is 4.10. The van der Waals surface area contributed by atoms with Crippen molar-refractivity contribution >= 4 is 54.1 Å². The van der Waals surface area contributed by atoms with E-state index in [1.165, 1.54) is 6.07 Å². The van der Waals surface area contributed by atoms with Gasteiger partial charge in [0.15, 0.2) is 15.7 Å². The van der Waals surface area contributed by atoms with E-state index in [4.69, 9.17) is 26.4 Å². The fourth-order valence-corrected chi connectivity index (χ4v) is 13.1. The number of sulfone groups is 1. The number of aromatic nitrogens is 5. The minimum absolute atomic E-state index is 0.0108. The Morgan fingerprint density at radius 2 is 1.64 bits per heavy atom. The van der Waals surface area contributed by atoms with Gasteiger partial charge in [0.1, 0.15) is 29.6 Å². The summed E-state index contributed by atoms with van der Waals surface area (Å²) >= 11 is 6.86. The van der Waals surface area contributed by atoms with Crippen LogP contribution in [0.3, 0.4) is 0 Å². The lowest BCUT2D eigenvalue weighted by atomic mass is 9.93. The van der Waals surface area contributed by atoms with Gasteiger partial charge < -0.3 is 10.1 Å². The largest absolute Gasteiger partial charge is 0.377 e. The van der Waals surface area contributed by atoms with E-state index < -0.39 is 101 Å². The van der Waals surface area contributed by atoms with Gasteiger partial charge in [-0.15, -0.1) is 0 Å². The zero-order valence-corrected chi connectivity index (χ0v) is 37.9. The zero-order valence-electron chi connectivity index (χ0n) is 35.5. The van der Waals surface area contributed by atoms with E-state index in [-0.39, 0.29) is 78.0 Å². The second-order valence-electron chi connectivity index (χ2n) is 18.7. The van der Waals surface area contributed by atoms with Crippen molar-refractivity contribution in [1.82, 2.24) is 29.9 Å². The Bertz CT molecular complexity index is 3020. The van der Waals surface area contributed by atoms with Crippen LogP contribution < -0.4 is 10.0 Å². The number of ether oxygens (including phenoxy) is 1. The van der Waals surface area contributed by atoms with Gasteiger partial charge in [-0.2, -0.15) is 19.0 Å². The summed E-state index contributed by atoms with van der Waals surface area (Å²) in [4.78, 5) is 19.3. The highest BCUT2D eigenvalue weighted by Crippen LogP contribution is 2.68. The van der Waals surface area contributed by atoms with Crippen molar-refractivity contribution in [2.75, 3.05) is 17.9 Å². The van der Waals surface area contributed by atoms with Gasteiger partial charge in [-0.05, 0) is 101 Å². The molecular formula is C44H44ClF6N7O6S2. The molecule has 3 aromatic heterocycles. The van der Waals surface area contributed by atoms with Crippen LogP contribution in [0.25, 0.3) is 22.0 Å². The number of hydrogen-bond donors (Lipinski definition) is 2. The highest BCUT2D eigenvalue weighted by atomic mass is 35.5. The summed E-state index contributed by atoms with van der Waals surface area (Å²) in [6, 6.07) is 7.54. The molecule has 66 heavy (non-hydrogen) atoms. The van der Waals surface area contributed by atoms with Crippen molar-refractivity contribution in [2.24, 2.45) is 5.92 Å². The maximum Gasteiger partial charge on any atom is 0.293 e. The topological polar surface area (TPSA) is 167 Å². The van der Waals surface area contributed by atoms with Crippen molar-refractivity contribution in [2.45, 2.75) is 117 Å². The molecule has 5 aliphatic rings. The van der Waals surface area contributed by atoms with Gasteiger partial charge in [-0.1, -0.05) is 23.7 Å². The number of nitrogens with zero attached hydrogens (tertiary/aromatic N) is 5. The van der Waals surface area contributed by atoms with Crippen LogP contribution in [0.4, 0.5) is 32.2 Å². The molecular weight excluding hydrogens is 936 g/mol. The van der Waals surface area contributed by atoms with E-state index in [2.05, 4.69) is 15.1 Å². The van der Waals surface area contributed by atoms with Crippen molar-refractivity contribution < 1.29 is 52.7 Å². The van der Waals surface area contributed by atoms with E-state index in [1.807, 2.05) is 0 Å². The molecule has 3 atom stereocenters. The number of halogens is 7. The molecule has 0 bridgehead atoms. The third kappa shape index (κ3) is 7.93. The number of aryl methyl sites for hydroxylation is 1. The van der Waals surface area contributed by atoms with Gasteiger partial charge in [0.05, 0.1) is 62.2 Å². The van der Waals surface area contributed by atoms with Gasteiger partial charge in [-0.3, -0.25) is 23.9 Å². The van der Waals surface area contributed by atoms with Crippen LogP contribution in [-0.4, -0.2) is 75.7 Å². The number of rotatable bonds is 17. The number of benzene rings is 2. The van der Waals surface area contributed by atoms with E-state index >= 15 is 8.78 Å². The standard InChI is InChI=1S/C44H44ClF6N7O6S2/c1-43(2,65(60,61)26-4-5-26)12-11-24-3-8-28(29-9-10-32(45)36-39(29)58(25-19-64-20-25)55-42(36)56-66(62,63)27-6-7-27)37(52-24)33(15-21-13-22(46)16-23(47)14-21)53-34(59)18-57-40-35(38(54-57)41(48)49)30-17-31(30)44(40,50)51/h3,8-10,13-14,16,25-27,30-31,33,41H,4-7,11-12,15,17-20H2,1-2H3,(H,53,59)(H,55,56)/t30-,31?,33-/m0/s1. The number of carbonyl (C=O) groups excluding carboxylic acids is 1. The number of carbonyl (C=O) groups is 1. The fourth-order valence-electron chi connectivity index (χ4n) is 9.44. The van der Waals surface area contributed by atoms with Gasteiger partial charge in [0.2, 0.25) is 15.9 Å². The molecule has 10 rings (SSSR count). The molecule has 5 aromatic rings. The molecule has 22 heteroatoms. The number of alkyl halides is 4. The van der Waals surface area contributed by atoms with Crippen LogP contribution in [0, 0.1) is 17.6 Å². The minimum Gasteiger partial charge on any atom is -0.377 e. The number of sulfonamides is 1. The van der Waals surface area contributed by atoms with Gasteiger partial charge >= 0.3 is 0 Å². The Balaban J connectivity index is 1.11. The van der Waals surface area contributed by atoms with Crippen molar-refractivity contribution in [3.05, 3.63) is 93.0 Å². The molecule has 13 nitrogen and oxygen atoms in total. The second-order valence-corrected chi connectivity index (χ2v) is 23.9. The smallest absolute Gasteiger partial charge is 0.293 e. The van der Waals surface area contributed by atoms with E-state index in [0.29, 0.717) is 58.8 Å². The quantitative estimate of drug-likeness (QED) is 0.0873. The van der Waals surface area contributed by atoms with Crippen LogP contribution in [0.1, 0.15) is 111 Å². The molecule has 0 radical (unpaired) electrons.